The summed E-state index contributed by atoms with van der Waals surface area (Å²) in [5.74, 6) is 1.95. The van der Waals surface area contributed by atoms with Crippen LogP contribution in [0, 0.1) is 0 Å². The minimum Gasteiger partial charge on any atom is -0.372 e. The smallest absolute Gasteiger partial charge is 0.144 e. The highest BCUT2D eigenvalue weighted by molar-refractivity contribution is 5.31. The van der Waals surface area contributed by atoms with Gasteiger partial charge in [0, 0.05) is 25.5 Å². The maximum atomic E-state index is 4.67. The van der Waals surface area contributed by atoms with Gasteiger partial charge in [0.15, 0.2) is 0 Å². The molecule has 3 rings (SSSR count). The van der Waals surface area contributed by atoms with Gasteiger partial charge in [0.1, 0.15) is 11.6 Å². The number of rotatable bonds is 5. The number of hydrogen-bond acceptors (Lipinski definition) is 5. The maximum Gasteiger partial charge on any atom is 0.144 e. The number of likely N-dealkylation sites (tertiary alicyclic amines) is 1. The van der Waals surface area contributed by atoms with Crippen molar-refractivity contribution in [1.82, 2.24) is 24.4 Å². The van der Waals surface area contributed by atoms with Crippen LogP contribution in [-0.2, 0) is 6.54 Å². The Morgan fingerprint density at radius 2 is 2.23 bits per heavy atom. The highest BCUT2D eigenvalue weighted by Crippen LogP contribution is 2.32. The summed E-state index contributed by atoms with van der Waals surface area (Å²) in [4.78, 5) is 16.0. The van der Waals surface area contributed by atoms with Crippen LogP contribution in [0.25, 0.3) is 0 Å². The number of nitrogens with zero attached hydrogens (tertiary/aromatic N) is 5. The number of nitrogens with one attached hydrogen (secondary N) is 1. The first-order chi connectivity index (χ1) is 10.7. The molecule has 118 valence electrons. The second-order valence-corrected chi connectivity index (χ2v) is 6.05. The molecule has 1 fully saturated rings. The van der Waals surface area contributed by atoms with E-state index in [1.54, 1.807) is 6.20 Å². The molecule has 6 heteroatoms. The van der Waals surface area contributed by atoms with E-state index in [1.165, 1.54) is 6.42 Å². The lowest BCUT2D eigenvalue weighted by Gasteiger charge is -2.24. The van der Waals surface area contributed by atoms with Crippen LogP contribution < -0.4 is 5.32 Å². The molecular weight excluding hydrogens is 276 g/mol. The van der Waals surface area contributed by atoms with E-state index in [2.05, 4.69) is 49.8 Å². The maximum absolute atomic E-state index is 4.67. The van der Waals surface area contributed by atoms with Crippen molar-refractivity contribution in [2.75, 3.05) is 18.9 Å². The average Bonchev–Trinajstić information content (AvgIpc) is 3.17. The molecule has 0 amide bonds. The zero-order valence-corrected chi connectivity index (χ0v) is 13.5. The van der Waals surface area contributed by atoms with Crippen LogP contribution >= 0.6 is 0 Å². The van der Waals surface area contributed by atoms with Crippen molar-refractivity contribution < 1.29 is 0 Å². The molecule has 0 bridgehead atoms. The minimum atomic E-state index is 0.332. The molecule has 0 saturated carbocycles. The molecule has 1 aliphatic rings. The lowest BCUT2D eigenvalue weighted by Crippen LogP contribution is -2.26. The third-order valence-electron chi connectivity index (χ3n) is 4.26. The Hall–Kier alpha value is -1.95. The average molecular weight is 300 g/mol. The highest BCUT2D eigenvalue weighted by atomic mass is 15.2. The van der Waals surface area contributed by atoms with Crippen LogP contribution in [0.4, 0.5) is 5.82 Å². The molecule has 1 atom stereocenters. The number of imidazole rings is 1. The molecule has 1 saturated heterocycles. The summed E-state index contributed by atoms with van der Waals surface area (Å²) in [6, 6.07) is 0.768. The van der Waals surface area contributed by atoms with Crippen molar-refractivity contribution in [2.24, 2.45) is 0 Å². The van der Waals surface area contributed by atoms with Crippen LogP contribution in [-0.4, -0.2) is 38.0 Å². The van der Waals surface area contributed by atoms with Crippen LogP contribution in [0.3, 0.4) is 0 Å². The van der Waals surface area contributed by atoms with Gasteiger partial charge in [-0.3, -0.25) is 9.88 Å². The quantitative estimate of drug-likeness (QED) is 0.920. The Labute approximate surface area is 131 Å². The number of aromatic nitrogens is 4. The van der Waals surface area contributed by atoms with Crippen LogP contribution in [0.15, 0.2) is 24.8 Å². The van der Waals surface area contributed by atoms with Gasteiger partial charge in [-0.05, 0) is 33.2 Å². The molecular formula is C16H24N6. The summed E-state index contributed by atoms with van der Waals surface area (Å²) in [5, 5.41) is 3.07. The van der Waals surface area contributed by atoms with Crippen LogP contribution in [0.1, 0.15) is 50.3 Å². The van der Waals surface area contributed by atoms with Gasteiger partial charge >= 0.3 is 0 Å². The van der Waals surface area contributed by atoms with Gasteiger partial charge in [0.2, 0.25) is 0 Å². The topological polar surface area (TPSA) is 58.9 Å². The first kappa shape index (κ1) is 15.0. The lowest BCUT2D eigenvalue weighted by atomic mass is 10.1. The second kappa shape index (κ2) is 6.44. The fourth-order valence-corrected chi connectivity index (χ4v) is 3.13. The highest BCUT2D eigenvalue weighted by Gasteiger charge is 2.28. The van der Waals surface area contributed by atoms with Gasteiger partial charge in [-0.15, -0.1) is 0 Å². The van der Waals surface area contributed by atoms with Gasteiger partial charge in [0.25, 0.3) is 0 Å². The Bertz CT molecular complexity index is 621. The lowest BCUT2D eigenvalue weighted by molar-refractivity contribution is 0.233. The van der Waals surface area contributed by atoms with E-state index in [0.717, 1.165) is 36.8 Å². The van der Waals surface area contributed by atoms with E-state index in [1.807, 2.05) is 19.4 Å². The van der Waals surface area contributed by atoms with Crippen LogP contribution in [0.5, 0.6) is 0 Å². The normalized spacial score (nSPS) is 19.0. The molecule has 22 heavy (non-hydrogen) atoms. The predicted octanol–water partition coefficient (Wildman–Crippen LogP) is 2.63. The largest absolute Gasteiger partial charge is 0.372 e. The Balaban J connectivity index is 1.79. The van der Waals surface area contributed by atoms with Gasteiger partial charge in [-0.2, -0.15) is 0 Å². The first-order valence-corrected chi connectivity index (χ1v) is 7.94. The van der Waals surface area contributed by atoms with E-state index in [0.29, 0.717) is 12.1 Å². The van der Waals surface area contributed by atoms with Crippen molar-refractivity contribution in [3.63, 3.8) is 0 Å². The molecule has 3 heterocycles. The number of hydrogen-bond donors (Lipinski definition) is 1. The zero-order chi connectivity index (χ0) is 15.5. The molecule has 2 aromatic heterocycles. The van der Waals surface area contributed by atoms with E-state index >= 15 is 0 Å². The molecule has 1 aliphatic heterocycles. The Kier molecular flexibility index (Phi) is 4.38. The summed E-state index contributed by atoms with van der Waals surface area (Å²) < 4.78 is 2.24. The summed E-state index contributed by atoms with van der Waals surface area (Å²) >= 11 is 0. The summed E-state index contributed by atoms with van der Waals surface area (Å²) in [6.45, 7) is 6.32. The van der Waals surface area contributed by atoms with E-state index in [4.69, 9.17) is 0 Å². The SMILES string of the molecule is CNc1cncc([C@@H]2CCCN2Cc2nccn2C(C)C)n1. The van der Waals surface area contributed by atoms with E-state index < -0.39 is 0 Å². The molecule has 0 radical (unpaired) electrons. The van der Waals surface area contributed by atoms with Gasteiger partial charge in [0.05, 0.1) is 30.7 Å². The molecule has 6 nitrogen and oxygen atoms in total. The molecule has 0 aliphatic carbocycles. The fraction of sp³-hybridized carbons (Fsp3) is 0.562. The van der Waals surface area contributed by atoms with Gasteiger partial charge in [-0.1, -0.05) is 0 Å². The first-order valence-electron chi connectivity index (χ1n) is 7.94. The predicted molar refractivity (Wildman–Crippen MR) is 86.6 cm³/mol. The molecule has 0 aromatic carbocycles. The third-order valence-corrected chi connectivity index (χ3v) is 4.26. The van der Waals surface area contributed by atoms with Crippen molar-refractivity contribution in [1.29, 1.82) is 0 Å². The van der Waals surface area contributed by atoms with E-state index in [9.17, 15) is 0 Å². The molecule has 0 spiro atoms. The molecule has 2 aromatic rings. The summed E-state index contributed by atoms with van der Waals surface area (Å²) in [6.07, 6.45) is 9.92. The standard InChI is InChI=1S/C16H24N6/c1-12(2)22-8-6-19-16(22)11-21-7-4-5-14(21)13-9-18-10-15(17-3)20-13/h6,8-10,12,14H,4-5,7,11H2,1-3H3,(H,17,20)/t14-/m0/s1. The zero-order valence-electron chi connectivity index (χ0n) is 13.5. The second-order valence-electron chi connectivity index (χ2n) is 6.05. The van der Waals surface area contributed by atoms with Gasteiger partial charge < -0.3 is 9.88 Å². The molecule has 1 N–H and O–H groups in total. The van der Waals surface area contributed by atoms with Crippen molar-refractivity contribution in [2.45, 2.75) is 45.3 Å². The Morgan fingerprint density at radius 1 is 1.36 bits per heavy atom. The Morgan fingerprint density at radius 3 is 3.00 bits per heavy atom. The van der Waals surface area contributed by atoms with Crippen molar-refractivity contribution in [3.8, 4) is 0 Å². The molecule has 0 unspecified atom stereocenters. The summed E-state index contributed by atoms with van der Waals surface area (Å²) in [7, 11) is 1.87. The minimum absolute atomic E-state index is 0.332. The van der Waals surface area contributed by atoms with Crippen molar-refractivity contribution >= 4 is 5.82 Å². The fourth-order valence-electron chi connectivity index (χ4n) is 3.13. The summed E-state index contributed by atoms with van der Waals surface area (Å²) in [5.41, 5.74) is 1.05. The van der Waals surface area contributed by atoms with Gasteiger partial charge in [-0.25, -0.2) is 9.97 Å². The third kappa shape index (κ3) is 2.97. The number of anilines is 1. The van der Waals surface area contributed by atoms with Crippen molar-refractivity contribution in [3.05, 3.63) is 36.3 Å². The van der Waals surface area contributed by atoms with E-state index in [-0.39, 0.29) is 0 Å². The monoisotopic (exact) mass is 300 g/mol. The van der Waals surface area contributed by atoms with Crippen LogP contribution in [0.2, 0.25) is 0 Å².